The molecule has 2 aliphatic rings. The average molecular weight is 563 g/mol. The number of likely N-dealkylation sites (tertiary alicyclic amines) is 1. The summed E-state index contributed by atoms with van der Waals surface area (Å²) in [6.45, 7) is 3.32. The highest BCUT2D eigenvalue weighted by atomic mass is 16.6. The molecule has 1 aromatic heterocycles. The molecule has 0 radical (unpaired) electrons. The van der Waals surface area contributed by atoms with Crippen LogP contribution in [0.15, 0.2) is 72.9 Å². The minimum atomic E-state index is -0.470. The van der Waals surface area contributed by atoms with Crippen LogP contribution in [0.1, 0.15) is 48.7 Å². The van der Waals surface area contributed by atoms with Crippen LogP contribution in [-0.4, -0.2) is 38.2 Å². The zero-order chi connectivity index (χ0) is 29.2. The Morgan fingerprint density at radius 3 is 2.52 bits per heavy atom. The molecule has 0 aliphatic carbocycles. The molecule has 0 spiro atoms. The van der Waals surface area contributed by atoms with Gasteiger partial charge >= 0.3 is 0 Å². The summed E-state index contributed by atoms with van der Waals surface area (Å²) in [6.07, 6.45) is 5.20. The van der Waals surface area contributed by atoms with Gasteiger partial charge in [0.2, 0.25) is 5.91 Å². The summed E-state index contributed by atoms with van der Waals surface area (Å²) in [5.74, 6) is 0.725. The summed E-state index contributed by atoms with van der Waals surface area (Å²) in [5, 5.41) is 17.8. The van der Waals surface area contributed by atoms with E-state index in [9.17, 15) is 19.7 Å². The fourth-order valence-corrected chi connectivity index (χ4v) is 5.38. The Morgan fingerprint density at radius 1 is 1.05 bits per heavy atom. The zero-order valence-electron chi connectivity index (χ0n) is 23.1. The number of hydrogen-bond acceptors (Lipinski definition) is 6. The largest absolute Gasteiger partial charge is 0.354 e. The van der Waals surface area contributed by atoms with E-state index in [1.807, 2.05) is 66.6 Å². The lowest BCUT2D eigenvalue weighted by Crippen LogP contribution is -2.34. The summed E-state index contributed by atoms with van der Waals surface area (Å²) >= 11 is 0. The number of imidazole rings is 1. The van der Waals surface area contributed by atoms with E-state index in [-0.39, 0.29) is 17.5 Å². The number of carbonyl (C=O) groups is 2. The lowest BCUT2D eigenvalue weighted by Gasteiger charge is -2.26. The summed E-state index contributed by atoms with van der Waals surface area (Å²) in [5.41, 5.74) is 5.96. The van der Waals surface area contributed by atoms with Gasteiger partial charge in [0.05, 0.1) is 21.9 Å². The number of anilines is 2. The van der Waals surface area contributed by atoms with Crippen molar-refractivity contribution in [2.45, 2.75) is 39.2 Å². The Labute approximate surface area is 242 Å². The van der Waals surface area contributed by atoms with Crippen LogP contribution in [0.3, 0.4) is 0 Å². The van der Waals surface area contributed by atoms with E-state index >= 15 is 0 Å². The number of nitro groups is 1. The van der Waals surface area contributed by atoms with Crippen LogP contribution in [0, 0.1) is 10.1 Å². The zero-order valence-corrected chi connectivity index (χ0v) is 23.1. The monoisotopic (exact) mass is 562 g/mol. The third-order valence-electron chi connectivity index (χ3n) is 7.66. The maximum Gasteiger partial charge on any atom is 0.270 e. The van der Waals surface area contributed by atoms with Crippen molar-refractivity contribution in [2.75, 3.05) is 17.2 Å². The first-order chi connectivity index (χ1) is 20.4. The standard InChI is InChI=1S/C32H30N6O4/c1-2-28-33-18-27(35-28)21-10-12-23(13-11-21)34-31(30-25-17-24(38(41)42)14-15-26(25)36-32(30)40)22-8-6-20(7-9-22)19-37-16-4-3-5-29(37)39/h6-15,17-18,34H,2-5,16,19H2,1H3,(H,33,35)(H,36,40)/b31-30-. The van der Waals surface area contributed by atoms with Gasteiger partial charge in [0, 0.05) is 66.8 Å². The molecule has 212 valence electrons. The van der Waals surface area contributed by atoms with Crippen molar-refractivity contribution in [3.05, 3.63) is 106 Å². The fraction of sp³-hybridized carbons (Fsp3) is 0.219. The maximum absolute atomic E-state index is 13.3. The fourth-order valence-electron chi connectivity index (χ4n) is 5.38. The van der Waals surface area contributed by atoms with Crippen molar-refractivity contribution in [3.63, 3.8) is 0 Å². The van der Waals surface area contributed by atoms with E-state index in [0.717, 1.165) is 59.7 Å². The second kappa shape index (κ2) is 11.3. The summed E-state index contributed by atoms with van der Waals surface area (Å²) in [4.78, 5) is 46.4. The third kappa shape index (κ3) is 5.38. The van der Waals surface area contributed by atoms with Gasteiger partial charge in [0.25, 0.3) is 11.6 Å². The molecule has 0 atom stereocenters. The number of aromatic nitrogens is 2. The number of aryl methyl sites for hydroxylation is 1. The van der Waals surface area contributed by atoms with Gasteiger partial charge in [-0.25, -0.2) is 4.98 Å². The molecular formula is C32H30N6O4. The molecule has 4 aromatic rings. The molecular weight excluding hydrogens is 532 g/mol. The topological polar surface area (TPSA) is 133 Å². The summed E-state index contributed by atoms with van der Waals surface area (Å²) in [7, 11) is 0. The van der Waals surface area contributed by atoms with E-state index < -0.39 is 4.92 Å². The molecule has 1 fully saturated rings. The van der Waals surface area contributed by atoms with Crippen LogP contribution in [0.4, 0.5) is 17.1 Å². The minimum Gasteiger partial charge on any atom is -0.354 e. The van der Waals surface area contributed by atoms with Crippen LogP contribution in [-0.2, 0) is 22.6 Å². The minimum absolute atomic E-state index is 0.0987. The number of aromatic amines is 1. The van der Waals surface area contributed by atoms with Gasteiger partial charge in [-0.05, 0) is 42.2 Å². The number of fused-ring (bicyclic) bond motifs is 1. The average Bonchev–Trinajstić information content (AvgIpc) is 3.61. The van der Waals surface area contributed by atoms with Crippen LogP contribution >= 0.6 is 0 Å². The number of rotatable bonds is 8. The van der Waals surface area contributed by atoms with E-state index in [4.69, 9.17) is 0 Å². The van der Waals surface area contributed by atoms with E-state index in [0.29, 0.717) is 35.5 Å². The Balaban J connectivity index is 1.37. The second-order valence-corrected chi connectivity index (χ2v) is 10.4. The molecule has 2 aliphatic heterocycles. The summed E-state index contributed by atoms with van der Waals surface area (Å²) in [6, 6.07) is 19.8. The number of nitro benzene ring substituents is 1. The molecule has 10 nitrogen and oxygen atoms in total. The highest BCUT2D eigenvalue weighted by Crippen LogP contribution is 2.39. The van der Waals surface area contributed by atoms with E-state index in [1.54, 1.807) is 6.07 Å². The molecule has 0 unspecified atom stereocenters. The van der Waals surface area contributed by atoms with Crippen LogP contribution < -0.4 is 10.6 Å². The lowest BCUT2D eigenvalue weighted by atomic mass is 9.98. The molecule has 0 saturated carbocycles. The first-order valence-corrected chi connectivity index (χ1v) is 14.0. The van der Waals surface area contributed by atoms with Crippen LogP contribution in [0.25, 0.3) is 22.5 Å². The lowest BCUT2D eigenvalue weighted by molar-refractivity contribution is -0.384. The molecule has 3 N–H and O–H groups in total. The van der Waals surface area contributed by atoms with Crippen molar-refractivity contribution in [1.29, 1.82) is 0 Å². The van der Waals surface area contributed by atoms with Crippen molar-refractivity contribution < 1.29 is 14.5 Å². The number of H-pyrrole nitrogens is 1. The summed E-state index contributed by atoms with van der Waals surface area (Å²) < 4.78 is 0. The van der Waals surface area contributed by atoms with Crippen molar-refractivity contribution in [3.8, 4) is 11.3 Å². The molecule has 0 bridgehead atoms. The van der Waals surface area contributed by atoms with Crippen LogP contribution in [0.2, 0.25) is 0 Å². The van der Waals surface area contributed by atoms with Gasteiger partial charge in [-0.2, -0.15) is 0 Å². The molecule has 3 heterocycles. The Kier molecular flexibility index (Phi) is 7.26. The van der Waals surface area contributed by atoms with Crippen LogP contribution in [0.5, 0.6) is 0 Å². The molecule has 6 rings (SSSR count). The normalized spacial score (nSPS) is 15.8. The van der Waals surface area contributed by atoms with Crippen molar-refractivity contribution in [2.24, 2.45) is 0 Å². The number of hydrogen-bond donors (Lipinski definition) is 3. The number of carbonyl (C=O) groups excluding carboxylic acids is 2. The van der Waals surface area contributed by atoms with Gasteiger partial charge in [-0.3, -0.25) is 19.7 Å². The highest BCUT2D eigenvalue weighted by molar-refractivity contribution is 6.37. The molecule has 3 aromatic carbocycles. The molecule has 10 heteroatoms. The number of piperidine rings is 1. The van der Waals surface area contributed by atoms with E-state index in [2.05, 4.69) is 20.6 Å². The number of nitrogens with zero attached hydrogens (tertiary/aromatic N) is 3. The Bertz CT molecular complexity index is 1710. The smallest absolute Gasteiger partial charge is 0.270 e. The predicted octanol–water partition coefficient (Wildman–Crippen LogP) is 5.99. The number of benzene rings is 3. The van der Waals surface area contributed by atoms with Gasteiger partial charge in [0.1, 0.15) is 5.82 Å². The first kappa shape index (κ1) is 26.9. The van der Waals surface area contributed by atoms with Gasteiger partial charge < -0.3 is 20.5 Å². The van der Waals surface area contributed by atoms with Crippen molar-refractivity contribution >= 4 is 40.1 Å². The predicted molar refractivity (Wildman–Crippen MR) is 161 cm³/mol. The van der Waals surface area contributed by atoms with Gasteiger partial charge in [-0.1, -0.05) is 43.3 Å². The van der Waals surface area contributed by atoms with Gasteiger partial charge in [-0.15, -0.1) is 0 Å². The second-order valence-electron chi connectivity index (χ2n) is 10.4. The van der Waals surface area contributed by atoms with Gasteiger partial charge in [0.15, 0.2) is 0 Å². The number of non-ortho nitro benzene ring substituents is 1. The molecule has 2 amide bonds. The maximum atomic E-state index is 13.3. The third-order valence-corrected chi connectivity index (χ3v) is 7.66. The quantitative estimate of drug-likeness (QED) is 0.137. The molecule has 1 saturated heterocycles. The SMILES string of the molecule is CCc1nc(-c2ccc(N/C(=C3\C(=O)Nc4ccc([N+](=O)[O-])cc43)c3ccc(CN4CCCCC4=O)cc3)cc2)c[nH]1. The Morgan fingerprint density at radius 2 is 1.83 bits per heavy atom. The van der Waals surface area contributed by atoms with E-state index in [1.165, 1.54) is 12.1 Å². The molecule has 42 heavy (non-hydrogen) atoms. The number of amides is 2. The Hall–Kier alpha value is -5.25. The number of nitrogens with one attached hydrogen (secondary N) is 3. The first-order valence-electron chi connectivity index (χ1n) is 14.0. The highest BCUT2D eigenvalue weighted by Gasteiger charge is 2.30. The van der Waals surface area contributed by atoms with Crippen molar-refractivity contribution in [1.82, 2.24) is 14.9 Å².